The van der Waals surface area contributed by atoms with E-state index in [2.05, 4.69) is 12.2 Å². The fourth-order valence-corrected chi connectivity index (χ4v) is 5.02. The zero-order chi connectivity index (χ0) is 24.5. The number of fused-ring (bicyclic) bond motifs is 1. The number of likely N-dealkylation sites (tertiary alicyclic amines) is 1. The van der Waals surface area contributed by atoms with Crippen LogP contribution >= 0.6 is 12.2 Å². The molecule has 0 saturated carbocycles. The average molecular weight is 491 g/mol. The molecule has 3 aromatic rings. The Morgan fingerprint density at radius 1 is 1.20 bits per heavy atom. The van der Waals surface area contributed by atoms with E-state index in [9.17, 15) is 14.4 Å². The Morgan fingerprint density at radius 3 is 2.80 bits per heavy atom. The van der Waals surface area contributed by atoms with Crippen molar-refractivity contribution in [2.45, 2.75) is 45.3 Å². The number of thiocarbonyl (C=S) groups is 1. The van der Waals surface area contributed by atoms with Crippen molar-refractivity contribution in [3.63, 3.8) is 0 Å². The number of amides is 3. The van der Waals surface area contributed by atoms with Gasteiger partial charge in [0.2, 0.25) is 5.91 Å². The van der Waals surface area contributed by atoms with Crippen molar-refractivity contribution in [2.24, 2.45) is 0 Å². The molecule has 2 aliphatic heterocycles. The summed E-state index contributed by atoms with van der Waals surface area (Å²) in [7, 11) is 0. The molecule has 2 aromatic heterocycles. The first-order valence-electron chi connectivity index (χ1n) is 11.7. The second-order valence-electron chi connectivity index (χ2n) is 8.95. The van der Waals surface area contributed by atoms with Crippen LogP contribution in [0.15, 0.2) is 58.8 Å². The number of hydrogen-bond acceptors (Lipinski definition) is 5. The quantitative estimate of drug-likeness (QED) is 0.336. The van der Waals surface area contributed by atoms with Crippen LogP contribution in [-0.4, -0.2) is 49.8 Å². The van der Waals surface area contributed by atoms with Crippen molar-refractivity contribution in [2.75, 3.05) is 6.54 Å². The maximum atomic E-state index is 13.2. The van der Waals surface area contributed by atoms with Gasteiger partial charge in [-0.25, -0.2) is 0 Å². The lowest BCUT2D eigenvalue weighted by molar-refractivity contribution is -0.135. The Morgan fingerprint density at radius 2 is 2.03 bits per heavy atom. The molecule has 0 radical (unpaired) electrons. The molecule has 1 unspecified atom stereocenters. The number of para-hydroxylation sites is 1. The summed E-state index contributed by atoms with van der Waals surface area (Å²) in [6, 6.07) is 11.4. The van der Waals surface area contributed by atoms with Gasteiger partial charge < -0.3 is 13.9 Å². The number of carbonyl (C=O) groups excluding carboxylic acids is 3. The highest BCUT2D eigenvalue weighted by Crippen LogP contribution is 2.26. The van der Waals surface area contributed by atoms with Crippen LogP contribution < -0.4 is 5.32 Å². The molecule has 9 heteroatoms. The van der Waals surface area contributed by atoms with Crippen LogP contribution in [-0.2, 0) is 27.5 Å². The first-order chi connectivity index (χ1) is 16.9. The van der Waals surface area contributed by atoms with Gasteiger partial charge in [0.1, 0.15) is 17.9 Å². The van der Waals surface area contributed by atoms with Crippen molar-refractivity contribution in [1.82, 2.24) is 19.7 Å². The molecule has 35 heavy (non-hydrogen) atoms. The highest BCUT2D eigenvalue weighted by Gasteiger charge is 2.34. The van der Waals surface area contributed by atoms with Gasteiger partial charge in [-0.05, 0) is 62.7 Å². The molecule has 8 nitrogen and oxygen atoms in total. The number of rotatable bonds is 5. The summed E-state index contributed by atoms with van der Waals surface area (Å²) in [6.07, 6.45) is 8.10. The summed E-state index contributed by atoms with van der Waals surface area (Å²) in [5.41, 5.74) is 1.53. The molecule has 3 amide bonds. The maximum Gasteiger partial charge on any atom is 0.266 e. The van der Waals surface area contributed by atoms with Gasteiger partial charge >= 0.3 is 0 Å². The Balaban J connectivity index is 1.47. The third-order valence-electron chi connectivity index (χ3n) is 6.63. The number of nitrogens with zero attached hydrogens (tertiary/aromatic N) is 3. The maximum absolute atomic E-state index is 13.2. The van der Waals surface area contributed by atoms with Crippen LogP contribution in [0, 0.1) is 0 Å². The standard InChI is InChI=1S/C26H26N4O4S/c1-17-7-4-5-11-29(17)23(31)16-28-14-18(20-9-2-3-10-22(20)28)13-21-24(32)27-26(35)30(25(21)33)15-19-8-6-12-34-19/h2-3,6,8-10,12-14,17H,4-5,7,11,15-16H2,1H3,(H,27,32,35)/b21-13+. The molecule has 1 N–H and O–H groups in total. The summed E-state index contributed by atoms with van der Waals surface area (Å²) in [5.74, 6) is -0.423. The monoisotopic (exact) mass is 490 g/mol. The summed E-state index contributed by atoms with van der Waals surface area (Å²) >= 11 is 5.23. The molecular weight excluding hydrogens is 464 g/mol. The Labute approximate surface area is 208 Å². The van der Waals surface area contributed by atoms with Crippen LogP contribution in [0.4, 0.5) is 0 Å². The zero-order valence-corrected chi connectivity index (χ0v) is 20.2. The van der Waals surface area contributed by atoms with Gasteiger partial charge in [-0.1, -0.05) is 18.2 Å². The number of nitrogens with one attached hydrogen (secondary N) is 1. The summed E-state index contributed by atoms with van der Waals surface area (Å²) < 4.78 is 7.23. The highest BCUT2D eigenvalue weighted by atomic mass is 32.1. The Bertz CT molecular complexity index is 1340. The molecule has 1 aromatic carbocycles. The summed E-state index contributed by atoms with van der Waals surface area (Å²) in [6.45, 7) is 3.18. The SMILES string of the molecule is CC1CCCCN1C(=O)Cn1cc(/C=C2\C(=O)NC(=S)N(Cc3ccco3)C2=O)c2ccccc21. The topological polar surface area (TPSA) is 87.8 Å². The first-order valence-corrected chi connectivity index (χ1v) is 12.1. The van der Waals surface area contributed by atoms with Gasteiger partial charge in [0.15, 0.2) is 5.11 Å². The molecule has 4 heterocycles. The summed E-state index contributed by atoms with van der Waals surface area (Å²) in [5, 5.41) is 3.49. The minimum atomic E-state index is -0.550. The smallest absolute Gasteiger partial charge is 0.266 e. The van der Waals surface area contributed by atoms with E-state index in [1.807, 2.05) is 39.9 Å². The largest absolute Gasteiger partial charge is 0.467 e. The van der Waals surface area contributed by atoms with E-state index in [0.717, 1.165) is 36.7 Å². The van der Waals surface area contributed by atoms with Gasteiger partial charge in [0.25, 0.3) is 11.8 Å². The third-order valence-corrected chi connectivity index (χ3v) is 6.95. The van der Waals surface area contributed by atoms with E-state index < -0.39 is 11.8 Å². The summed E-state index contributed by atoms with van der Waals surface area (Å²) in [4.78, 5) is 42.3. The van der Waals surface area contributed by atoms with E-state index in [1.54, 1.807) is 18.2 Å². The number of furan rings is 1. The lowest BCUT2D eigenvalue weighted by Crippen LogP contribution is -2.53. The highest BCUT2D eigenvalue weighted by molar-refractivity contribution is 7.80. The molecule has 180 valence electrons. The second kappa shape index (κ2) is 9.50. The molecule has 0 bridgehead atoms. The molecule has 1 atom stereocenters. The van der Waals surface area contributed by atoms with E-state index in [1.165, 1.54) is 11.2 Å². The molecule has 0 spiro atoms. The predicted octanol–water partition coefficient (Wildman–Crippen LogP) is 3.46. The lowest BCUT2D eigenvalue weighted by atomic mass is 10.0. The van der Waals surface area contributed by atoms with Crippen molar-refractivity contribution in [1.29, 1.82) is 0 Å². The van der Waals surface area contributed by atoms with E-state index in [4.69, 9.17) is 16.6 Å². The number of hydrogen-bond donors (Lipinski definition) is 1. The lowest BCUT2D eigenvalue weighted by Gasteiger charge is -2.33. The predicted molar refractivity (Wildman–Crippen MR) is 135 cm³/mol. The average Bonchev–Trinajstić information content (AvgIpc) is 3.48. The number of benzene rings is 1. The van der Waals surface area contributed by atoms with Crippen LogP contribution in [0.25, 0.3) is 17.0 Å². The normalized spacial score (nSPS) is 20.1. The fraction of sp³-hybridized carbons (Fsp3) is 0.308. The molecular formula is C26H26N4O4S. The van der Waals surface area contributed by atoms with Gasteiger partial charge in [-0.15, -0.1) is 0 Å². The van der Waals surface area contributed by atoms with Crippen molar-refractivity contribution >= 4 is 52.0 Å². The minimum absolute atomic E-state index is 0.0240. The first kappa shape index (κ1) is 23.0. The van der Waals surface area contributed by atoms with Crippen LogP contribution in [0.5, 0.6) is 0 Å². The molecule has 2 aliphatic rings. The van der Waals surface area contributed by atoms with E-state index >= 15 is 0 Å². The van der Waals surface area contributed by atoms with Crippen molar-refractivity contribution in [3.8, 4) is 0 Å². The zero-order valence-electron chi connectivity index (χ0n) is 19.4. The Kier molecular flexibility index (Phi) is 6.25. The third kappa shape index (κ3) is 4.51. The van der Waals surface area contributed by atoms with Crippen LogP contribution in [0.3, 0.4) is 0 Å². The van der Waals surface area contributed by atoms with Gasteiger partial charge in [0, 0.05) is 35.2 Å². The van der Waals surface area contributed by atoms with Crippen LogP contribution in [0.1, 0.15) is 37.5 Å². The number of piperidine rings is 1. The van der Waals surface area contributed by atoms with Gasteiger partial charge in [-0.3, -0.25) is 24.6 Å². The fourth-order valence-electron chi connectivity index (χ4n) is 4.78. The molecule has 2 fully saturated rings. The molecule has 0 aliphatic carbocycles. The van der Waals surface area contributed by atoms with Gasteiger partial charge in [-0.2, -0.15) is 0 Å². The minimum Gasteiger partial charge on any atom is -0.467 e. The Hall–Kier alpha value is -3.72. The van der Waals surface area contributed by atoms with Gasteiger partial charge in [0.05, 0.1) is 12.8 Å². The van der Waals surface area contributed by atoms with Crippen LogP contribution in [0.2, 0.25) is 0 Å². The van der Waals surface area contributed by atoms with E-state index in [-0.39, 0.29) is 35.7 Å². The van der Waals surface area contributed by atoms with E-state index in [0.29, 0.717) is 11.3 Å². The molecule has 5 rings (SSSR count). The second-order valence-corrected chi connectivity index (χ2v) is 9.34. The molecule has 2 saturated heterocycles. The number of aromatic nitrogens is 1. The van der Waals surface area contributed by atoms with Crippen molar-refractivity contribution in [3.05, 3.63) is 65.8 Å². The van der Waals surface area contributed by atoms with Crippen molar-refractivity contribution < 1.29 is 18.8 Å². The number of carbonyl (C=O) groups is 3.